The molecule has 1 aliphatic rings. The number of halogens is 2. The molecule has 3 rings (SSSR count). The number of aliphatic hydroxyl groups is 1. The van der Waals surface area contributed by atoms with Crippen LogP contribution in [0.1, 0.15) is 36.0 Å². The SMILES string of the molecule is CN(C(=O)c1cnn(-c2ccc(F)cc2F)c1)C1CCC(CO)CC1. The van der Waals surface area contributed by atoms with Crippen LogP contribution in [0.2, 0.25) is 0 Å². The maximum absolute atomic E-state index is 13.8. The Morgan fingerprint density at radius 3 is 2.68 bits per heavy atom. The standard InChI is InChI=1S/C18H21F2N3O2/c1-22(15-5-2-12(11-24)3-6-15)18(25)13-9-21-23(10-13)17-7-4-14(19)8-16(17)20/h4,7-10,12,15,24H,2-3,5-6,11H2,1H3. The predicted molar refractivity (Wildman–Crippen MR) is 88.4 cm³/mol. The van der Waals surface area contributed by atoms with E-state index in [1.165, 1.54) is 23.1 Å². The molecular formula is C18H21F2N3O2. The fourth-order valence-corrected chi connectivity index (χ4v) is 3.32. The van der Waals surface area contributed by atoms with E-state index in [-0.39, 0.29) is 24.2 Å². The van der Waals surface area contributed by atoms with E-state index in [0.29, 0.717) is 11.5 Å². The molecule has 0 unspecified atom stereocenters. The number of rotatable bonds is 4. The van der Waals surface area contributed by atoms with Crippen LogP contribution in [0, 0.1) is 17.6 Å². The highest BCUT2D eigenvalue weighted by Gasteiger charge is 2.27. The third kappa shape index (κ3) is 3.71. The van der Waals surface area contributed by atoms with Crippen LogP contribution in [-0.2, 0) is 0 Å². The number of hydrogen-bond donors (Lipinski definition) is 1. The summed E-state index contributed by atoms with van der Waals surface area (Å²) < 4.78 is 28.1. The van der Waals surface area contributed by atoms with Crippen LogP contribution in [-0.4, -0.2) is 45.4 Å². The van der Waals surface area contributed by atoms with E-state index in [1.54, 1.807) is 11.9 Å². The second-order valence-electron chi connectivity index (χ2n) is 6.54. The van der Waals surface area contributed by atoms with Crippen LogP contribution in [0.3, 0.4) is 0 Å². The second-order valence-corrected chi connectivity index (χ2v) is 6.54. The average Bonchev–Trinajstić information content (AvgIpc) is 3.10. The van der Waals surface area contributed by atoms with E-state index in [1.807, 2.05) is 0 Å². The summed E-state index contributed by atoms with van der Waals surface area (Å²) in [6.45, 7) is 0.195. The summed E-state index contributed by atoms with van der Waals surface area (Å²) >= 11 is 0. The first-order valence-corrected chi connectivity index (χ1v) is 8.37. The van der Waals surface area contributed by atoms with Gasteiger partial charge in [0.2, 0.25) is 0 Å². The lowest BCUT2D eigenvalue weighted by Crippen LogP contribution is -2.39. The molecule has 5 nitrogen and oxygen atoms in total. The van der Waals surface area contributed by atoms with E-state index in [4.69, 9.17) is 0 Å². The maximum atomic E-state index is 13.8. The van der Waals surface area contributed by atoms with Gasteiger partial charge >= 0.3 is 0 Å². The van der Waals surface area contributed by atoms with Gasteiger partial charge in [-0.15, -0.1) is 0 Å². The fourth-order valence-electron chi connectivity index (χ4n) is 3.32. The number of hydrogen-bond acceptors (Lipinski definition) is 3. The fraction of sp³-hybridized carbons (Fsp3) is 0.444. The Morgan fingerprint density at radius 2 is 2.04 bits per heavy atom. The van der Waals surface area contributed by atoms with Gasteiger partial charge in [-0.2, -0.15) is 5.10 Å². The Kier molecular flexibility index (Phi) is 5.13. The number of carbonyl (C=O) groups excluding carboxylic acids is 1. The van der Waals surface area contributed by atoms with Gasteiger partial charge in [0, 0.05) is 32.0 Å². The zero-order chi connectivity index (χ0) is 18.0. The van der Waals surface area contributed by atoms with Crippen molar-refractivity contribution in [2.75, 3.05) is 13.7 Å². The van der Waals surface area contributed by atoms with E-state index in [0.717, 1.165) is 37.8 Å². The van der Waals surface area contributed by atoms with Crippen molar-refractivity contribution in [2.45, 2.75) is 31.7 Å². The molecule has 1 N–H and O–H groups in total. The summed E-state index contributed by atoms with van der Waals surface area (Å²) in [5, 5.41) is 13.2. The molecule has 1 aliphatic carbocycles. The summed E-state index contributed by atoms with van der Waals surface area (Å²) in [5.74, 6) is -1.26. The number of nitrogens with zero attached hydrogens (tertiary/aromatic N) is 3. The summed E-state index contributed by atoms with van der Waals surface area (Å²) in [7, 11) is 1.75. The molecule has 0 aliphatic heterocycles. The number of aliphatic hydroxyl groups excluding tert-OH is 1. The van der Waals surface area contributed by atoms with Crippen molar-refractivity contribution in [1.82, 2.24) is 14.7 Å². The highest BCUT2D eigenvalue weighted by molar-refractivity contribution is 5.93. The van der Waals surface area contributed by atoms with Crippen molar-refractivity contribution in [3.63, 3.8) is 0 Å². The van der Waals surface area contributed by atoms with Gasteiger partial charge in [-0.25, -0.2) is 13.5 Å². The zero-order valence-corrected chi connectivity index (χ0v) is 14.0. The minimum atomic E-state index is -0.738. The quantitative estimate of drug-likeness (QED) is 0.923. The largest absolute Gasteiger partial charge is 0.396 e. The smallest absolute Gasteiger partial charge is 0.257 e. The van der Waals surface area contributed by atoms with Gasteiger partial charge in [-0.1, -0.05) is 0 Å². The monoisotopic (exact) mass is 349 g/mol. The van der Waals surface area contributed by atoms with Gasteiger partial charge in [0.25, 0.3) is 5.91 Å². The molecular weight excluding hydrogens is 328 g/mol. The van der Waals surface area contributed by atoms with Gasteiger partial charge < -0.3 is 10.0 Å². The van der Waals surface area contributed by atoms with Gasteiger partial charge in [0.15, 0.2) is 5.82 Å². The normalized spacial score (nSPS) is 20.5. The average molecular weight is 349 g/mol. The number of amides is 1. The molecule has 1 aromatic heterocycles. The predicted octanol–water partition coefficient (Wildman–Crippen LogP) is 2.77. The van der Waals surface area contributed by atoms with Gasteiger partial charge in [0.1, 0.15) is 11.5 Å². The molecule has 1 amide bonds. The third-order valence-electron chi connectivity index (χ3n) is 4.93. The highest BCUT2D eigenvalue weighted by atomic mass is 19.1. The highest BCUT2D eigenvalue weighted by Crippen LogP contribution is 2.27. The Balaban J connectivity index is 1.72. The topological polar surface area (TPSA) is 58.4 Å². The molecule has 25 heavy (non-hydrogen) atoms. The van der Waals surface area contributed by atoms with E-state index in [2.05, 4.69) is 5.10 Å². The van der Waals surface area contributed by atoms with Crippen LogP contribution in [0.15, 0.2) is 30.6 Å². The lowest BCUT2D eigenvalue weighted by Gasteiger charge is -2.34. The number of aromatic nitrogens is 2. The zero-order valence-electron chi connectivity index (χ0n) is 14.0. The Hall–Kier alpha value is -2.28. The van der Waals surface area contributed by atoms with E-state index in [9.17, 15) is 18.7 Å². The minimum Gasteiger partial charge on any atom is -0.396 e. The van der Waals surface area contributed by atoms with Crippen molar-refractivity contribution in [1.29, 1.82) is 0 Å². The molecule has 1 saturated carbocycles. The molecule has 0 atom stereocenters. The molecule has 0 bridgehead atoms. The molecule has 1 heterocycles. The van der Waals surface area contributed by atoms with Crippen LogP contribution < -0.4 is 0 Å². The van der Waals surface area contributed by atoms with Crippen LogP contribution >= 0.6 is 0 Å². The van der Waals surface area contributed by atoms with Crippen LogP contribution in [0.5, 0.6) is 0 Å². The van der Waals surface area contributed by atoms with Gasteiger partial charge in [-0.3, -0.25) is 4.79 Å². The first-order valence-electron chi connectivity index (χ1n) is 8.37. The van der Waals surface area contributed by atoms with Crippen LogP contribution in [0.25, 0.3) is 5.69 Å². The first kappa shape index (κ1) is 17.5. The van der Waals surface area contributed by atoms with Crippen molar-refractivity contribution >= 4 is 5.91 Å². The molecule has 0 spiro atoms. The third-order valence-corrected chi connectivity index (χ3v) is 4.93. The maximum Gasteiger partial charge on any atom is 0.257 e. The Bertz CT molecular complexity index is 755. The van der Waals surface area contributed by atoms with Crippen molar-refractivity contribution in [3.8, 4) is 5.69 Å². The Morgan fingerprint density at radius 1 is 1.32 bits per heavy atom. The summed E-state index contributed by atoms with van der Waals surface area (Å²) in [6, 6.07) is 3.34. The lowest BCUT2D eigenvalue weighted by molar-refractivity contribution is 0.0653. The molecule has 2 aromatic rings. The van der Waals surface area contributed by atoms with Crippen LogP contribution in [0.4, 0.5) is 8.78 Å². The molecule has 0 saturated heterocycles. The van der Waals surface area contributed by atoms with Crippen molar-refractivity contribution in [3.05, 3.63) is 47.8 Å². The summed E-state index contributed by atoms with van der Waals surface area (Å²) in [4.78, 5) is 14.3. The summed E-state index contributed by atoms with van der Waals surface area (Å²) in [6.07, 6.45) is 6.36. The molecule has 1 fully saturated rings. The van der Waals surface area contributed by atoms with E-state index >= 15 is 0 Å². The number of benzene rings is 1. The van der Waals surface area contributed by atoms with Gasteiger partial charge in [0.05, 0.1) is 11.8 Å². The number of carbonyl (C=O) groups is 1. The molecule has 0 radical (unpaired) electrons. The molecule has 134 valence electrons. The van der Waals surface area contributed by atoms with Crippen molar-refractivity contribution in [2.24, 2.45) is 5.92 Å². The second kappa shape index (κ2) is 7.31. The first-order chi connectivity index (χ1) is 12.0. The lowest BCUT2D eigenvalue weighted by atomic mass is 9.86. The molecule has 7 heteroatoms. The molecule has 1 aromatic carbocycles. The minimum absolute atomic E-state index is 0.0894. The van der Waals surface area contributed by atoms with Crippen molar-refractivity contribution < 1.29 is 18.7 Å². The van der Waals surface area contributed by atoms with Gasteiger partial charge in [-0.05, 0) is 43.7 Å². The Labute approximate surface area is 144 Å². The van der Waals surface area contributed by atoms with E-state index < -0.39 is 11.6 Å². The summed E-state index contributed by atoms with van der Waals surface area (Å²) in [5.41, 5.74) is 0.446.